The van der Waals surface area contributed by atoms with Gasteiger partial charge in [-0.1, -0.05) is 17.3 Å². The van der Waals surface area contributed by atoms with E-state index in [2.05, 4.69) is 15.1 Å². The molecule has 1 aromatic carbocycles. The van der Waals surface area contributed by atoms with Crippen LogP contribution in [0.25, 0.3) is 39.7 Å². The lowest BCUT2D eigenvalue weighted by Gasteiger charge is -2.15. The highest BCUT2D eigenvalue weighted by atomic mass is 16.5. The summed E-state index contributed by atoms with van der Waals surface area (Å²) in [5.74, 6) is 1.74. The number of rotatable bonds is 3. The fourth-order valence-electron chi connectivity index (χ4n) is 3.47. The van der Waals surface area contributed by atoms with Crippen LogP contribution >= 0.6 is 0 Å². The third kappa shape index (κ3) is 2.31. The molecule has 4 aromatic heterocycles. The molecule has 0 N–H and O–H groups in total. The van der Waals surface area contributed by atoms with Crippen LogP contribution in [0.15, 0.2) is 56.5 Å². The second-order valence-corrected chi connectivity index (χ2v) is 6.90. The topological polar surface area (TPSA) is 91.4 Å². The molecule has 0 amide bonds. The van der Waals surface area contributed by atoms with Crippen molar-refractivity contribution in [2.24, 2.45) is 0 Å². The summed E-state index contributed by atoms with van der Waals surface area (Å²) < 4.78 is 14.5. The number of aromatic nitrogens is 5. The maximum atomic E-state index is 13.3. The number of hydrogen-bond acceptors (Lipinski definition) is 6. The third-order valence-corrected chi connectivity index (χ3v) is 4.70. The molecule has 28 heavy (non-hydrogen) atoms. The summed E-state index contributed by atoms with van der Waals surface area (Å²) >= 11 is 0. The van der Waals surface area contributed by atoms with Gasteiger partial charge >= 0.3 is 0 Å². The van der Waals surface area contributed by atoms with Gasteiger partial charge in [-0.2, -0.15) is 4.98 Å². The third-order valence-electron chi connectivity index (χ3n) is 4.70. The highest BCUT2D eigenvalue weighted by molar-refractivity contribution is 5.83. The molecule has 4 heterocycles. The van der Waals surface area contributed by atoms with Gasteiger partial charge in [-0.15, -0.1) is 0 Å². The number of nitrogens with zero attached hydrogens (tertiary/aromatic N) is 5. The van der Waals surface area contributed by atoms with Crippen molar-refractivity contribution >= 4 is 16.6 Å². The molecule has 0 radical (unpaired) electrons. The zero-order valence-corrected chi connectivity index (χ0v) is 15.6. The first-order valence-corrected chi connectivity index (χ1v) is 8.96. The van der Waals surface area contributed by atoms with Crippen LogP contribution in [-0.2, 0) is 0 Å². The Morgan fingerprint density at radius 1 is 1.07 bits per heavy atom. The van der Waals surface area contributed by atoms with E-state index in [-0.39, 0.29) is 17.5 Å². The molecule has 140 valence electrons. The lowest BCUT2D eigenvalue weighted by molar-refractivity contribution is 0.428. The van der Waals surface area contributed by atoms with Gasteiger partial charge < -0.3 is 13.5 Å². The van der Waals surface area contributed by atoms with E-state index in [0.717, 1.165) is 16.8 Å². The quantitative estimate of drug-likeness (QED) is 0.476. The monoisotopic (exact) mass is 375 g/mol. The fourth-order valence-corrected chi connectivity index (χ4v) is 3.47. The molecule has 0 saturated carbocycles. The Labute approximate surface area is 159 Å². The van der Waals surface area contributed by atoms with E-state index >= 15 is 0 Å². The smallest absolute Gasteiger partial charge is 0.279 e. The molecule has 0 aliphatic heterocycles. The van der Waals surface area contributed by atoms with Gasteiger partial charge in [0.25, 0.3) is 11.4 Å². The minimum Gasteiger partial charge on any atom is -0.458 e. The minimum absolute atomic E-state index is 0.0190. The molecular formula is C20H17N5O3. The molecule has 0 fully saturated rings. The normalized spacial score (nSPS) is 11.9. The lowest BCUT2D eigenvalue weighted by Crippen LogP contribution is -2.24. The number of fused-ring (bicyclic) bond motifs is 3. The van der Waals surface area contributed by atoms with Gasteiger partial charge in [-0.3, -0.25) is 9.20 Å². The van der Waals surface area contributed by atoms with Crippen LogP contribution in [0.2, 0.25) is 0 Å². The van der Waals surface area contributed by atoms with Crippen LogP contribution in [0, 0.1) is 6.92 Å². The van der Waals surface area contributed by atoms with Gasteiger partial charge in [0.15, 0.2) is 11.5 Å². The van der Waals surface area contributed by atoms with Gasteiger partial charge in [-0.05, 0) is 45.0 Å². The molecule has 0 aliphatic carbocycles. The van der Waals surface area contributed by atoms with Crippen LogP contribution in [0.1, 0.15) is 25.6 Å². The van der Waals surface area contributed by atoms with Crippen molar-refractivity contribution in [3.8, 4) is 23.2 Å². The van der Waals surface area contributed by atoms with E-state index in [0.29, 0.717) is 22.8 Å². The zero-order valence-electron chi connectivity index (χ0n) is 15.6. The summed E-state index contributed by atoms with van der Waals surface area (Å²) in [5.41, 5.74) is 2.32. The summed E-state index contributed by atoms with van der Waals surface area (Å²) in [6.07, 6.45) is 1.61. The first kappa shape index (κ1) is 16.5. The van der Waals surface area contributed by atoms with Crippen LogP contribution in [0.5, 0.6) is 0 Å². The van der Waals surface area contributed by atoms with E-state index < -0.39 is 0 Å². The Kier molecular flexibility index (Phi) is 3.48. The molecule has 0 saturated heterocycles. The summed E-state index contributed by atoms with van der Waals surface area (Å²) in [6, 6.07) is 11.3. The van der Waals surface area contributed by atoms with E-state index in [4.69, 9.17) is 8.94 Å². The zero-order chi connectivity index (χ0) is 19.4. The standard InChI is InChI=1S/C20H17N5O3/c1-11(2)25-14-7-5-4-6-13(14)24-10-21-16(17(24)20(25)26)19-22-18(23-28-19)15-9-8-12(3)27-15/h4-11H,1-3H3. The Morgan fingerprint density at radius 2 is 1.86 bits per heavy atom. The number of para-hydroxylation sites is 2. The Morgan fingerprint density at radius 3 is 2.57 bits per heavy atom. The average molecular weight is 375 g/mol. The molecule has 5 aromatic rings. The number of imidazole rings is 1. The Hall–Kier alpha value is -3.68. The van der Waals surface area contributed by atoms with Crippen molar-refractivity contribution in [1.29, 1.82) is 0 Å². The van der Waals surface area contributed by atoms with Crippen molar-refractivity contribution in [1.82, 2.24) is 24.1 Å². The first-order valence-electron chi connectivity index (χ1n) is 8.96. The first-order chi connectivity index (χ1) is 13.5. The minimum atomic E-state index is -0.158. The van der Waals surface area contributed by atoms with Gasteiger partial charge in [0.05, 0.1) is 11.0 Å². The molecular weight excluding hydrogens is 358 g/mol. The van der Waals surface area contributed by atoms with Gasteiger partial charge in [0.2, 0.25) is 5.82 Å². The van der Waals surface area contributed by atoms with E-state index in [1.807, 2.05) is 51.1 Å². The largest absolute Gasteiger partial charge is 0.458 e. The van der Waals surface area contributed by atoms with Gasteiger partial charge in [0, 0.05) is 6.04 Å². The van der Waals surface area contributed by atoms with E-state index in [1.165, 1.54) is 0 Å². The summed E-state index contributed by atoms with van der Waals surface area (Å²) in [6.45, 7) is 5.79. The van der Waals surface area contributed by atoms with Crippen molar-refractivity contribution < 1.29 is 8.94 Å². The summed E-state index contributed by atoms with van der Waals surface area (Å²) in [7, 11) is 0. The second-order valence-electron chi connectivity index (χ2n) is 6.90. The van der Waals surface area contributed by atoms with Crippen molar-refractivity contribution in [2.45, 2.75) is 26.8 Å². The molecule has 0 spiro atoms. The molecule has 8 nitrogen and oxygen atoms in total. The predicted molar refractivity (Wildman–Crippen MR) is 103 cm³/mol. The van der Waals surface area contributed by atoms with Crippen LogP contribution in [0.4, 0.5) is 0 Å². The number of furan rings is 1. The van der Waals surface area contributed by atoms with Crippen LogP contribution < -0.4 is 5.56 Å². The predicted octanol–water partition coefficient (Wildman–Crippen LogP) is 3.85. The van der Waals surface area contributed by atoms with Crippen LogP contribution in [-0.4, -0.2) is 24.1 Å². The highest BCUT2D eigenvalue weighted by Gasteiger charge is 2.22. The second kappa shape index (κ2) is 5.91. The molecule has 0 aliphatic rings. The maximum Gasteiger partial charge on any atom is 0.279 e. The number of benzene rings is 1. The molecule has 5 rings (SSSR count). The fraction of sp³-hybridized carbons (Fsp3) is 0.200. The SMILES string of the molecule is Cc1ccc(-c2noc(-c3ncn4c3c(=O)n(C(C)C)c3ccccc34)n2)o1. The Bertz CT molecular complexity index is 1390. The van der Waals surface area contributed by atoms with Gasteiger partial charge in [-0.25, -0.2) is 4.98 Å². The number of aryl methyl sites for hydroxylation is 1. The van der Waals surface area contributed by atoms with E-state index in [1.54, 1.807) is 21.4 Å². The highest BCUT2D eigenvalue weighted by Crippen LogP contribution is 2.27. The summed E-state index contributed by atoms with van der Waals surface area (Å²) in [4.78, 5) is 22.1. The van der Waals surface area contributed by atoms with Crippen molar-refractivity contribution in [3.05, 3.63) is 58.8 Å². The summed E-state index contributed by atoms with van der Waals surface area (Å²) in [5, 5.41) is 3.97. The maximum absolute atomic E-state index is 13.3. The lowest BCUT2D eigenvalue weighted by atomic mass is 10.2. The average Bonchev–Trinajstić information content (AvgIpc) is 3.40. The molecule has 0 unspecified atom stereocenters. The van der Waals surface area contributed by atoms with Crippen LogP contribution in [0.3, 0.4) is 0 Å². The molecule has 0 bridgehead atoms. The molecule has 8 heteroatoms. The number of hydrogen-bond donors (Lipinski definition) is 0. The molecule has 0 atom stereocenters. The van der Waals surface area contributed by atoms with Gasteiger partial charge in [0.1, 0.15) is 17.6 Å². The van der Waals surface area contributed by atoms with Crippen molar-refractivity contribution in [2.75, 3.05) is 0 Å². The van der Waals surface area contributed by atoms with Crippen molar-refractivity contribution in [3.63, 3.8) is 0 Å². The Balaban J connectivity index is 1.78. The van der Waals surface area contributed by atoms with E-state index in [9.17, 15) is 4.79 Å².